The molecule has 0 bridgehead atoms. The maximum absolute atomic E-state index is 12.4. The first-order valence-electron chi connectivity index (χ1n) is 10.3. The number of unbranched alkanes of at least 4 members (excludes halogenated alkanes) is 1. The van der Waals surface area contributed by atoms with Crippen molar-refractivity contribution in [3.8, 4) is 0 Å². The molecule has 1 atom stereocenters. The minimum atomic E-state index is -4.41. The van der Waals surface area contributed by atoms with Crippen molar-refractivity contribution in [2.24, 2.45) is 0 Å². The summed E-state index contributed by atoms with van der Waals surface area (Å²) in [5.74, 6) is -0.770. The lowest BCUT2D eigenvalue weighted by Crippen LogP contribution is -2.05. The van der Waals surface area contributed by atoms with Crippen LogP contribution in [-0.2, 0) is 18.4 Å². The third-order valence-electron chi connectivity index (χ3n) is 4.16. The van der Waals surface area contributed by atoms with Crippen molar-refractivity contribution in [1.82, 2.24) is 0 Å². The van der Waals surface area contributed by atoms with Crippen LogP contribution in [0.25, 0.3) is 0 Å². The molecular formula is C21H40O6P2. The fraction of sp³-hybridized carbons (Fsp3) is 0.714. The average molecular weight is 450 g/mol. The van der Waals surface area contributed by atoms with Crippen molar-refractivity contribution in [3.63, 3.8) is 0 Å². The van der Waals surface area contributed by atoms with Crippen LogP contribution in [0.3, 0.4) is 0 Å². The van der Waals surface area contributed by atoms with Gasteiger partial charge in [0.05, 0.1) is 6.61 Å². The Morgan fingerprint density at radius 3 is 1.97 bits per heavy atom. The Labute approximate surface area is 177 Å². The van der Waals surface area contributed by atoms with Gasteiger partial charge >= 0.3 is 7.60 Å². The summed E-state index contributed by atoms with van der Waals surface area (Å²) < 4.78 is 33.9. The fourth-order valence-electron chi connectivity index (χ4n) is 2.71. The maximum Gasteiger partial charge on any atom is 0.335 e. The van der Waals surface area contributed by atoms with Crippen molar-refractivity contribution in [2.75, 3.05) is 25.5 Å². The topological polar surface area (TPSA) is 93.1 Å². The standard InChI is InChI=1S/C21H40O6P2/c1-6-27-28(22,18-29(23,24)25)17-26-16-8-7-12-20(4)14-10-15-21(5)13-9-11-19(2)3/h11-12,15H,6-10,13-14,16-18H2,1-5H3,(H2,23,24,25)/b20-12+,21-15+. The van der Waals surface area contributed by atoms with Crippen LogP contribution in [0.5, 0.6) is 0 Å². The van der Waals surface area contributed by atoms with Gasteiger partial charge in [-0.25, -0.2) is 0 Å². The highest BCUT2D eigenvalue weighted by Crippen LogP contribution is 2.58. The first-order chi connectivity index (χ1) is 13.5. The van der Waals surface area contributed by atoms with Crippen LogP contribution in [0, 0.1) is 0 Å². The van der Waals surface area contributed by atoms with E-state index in [1.165, 1.54) is 16.7 Å². The van der Waals surface area contributed by atoms with Crippen LogP contribution < -0.4 is 0 Å². The van der Waals surface area contributed by atoms with Gasteiger partial charge in [0.1, 0.15) is 12.3 Å². The van der Waals surface area contributed by atoms with Gasteiger partial charge in [0, 0.05) is 6.61 Å². The minimum Gasteiger partial charge on any atom is -0.371 e. The van der Waals surface area contributed by atoms with Crippen LogP contribution in [-0.4, -0.2) is 35.3 Å². The quantitative estimate of drug-likeness (QED) is 0.156. The summed E-state index contributed by atoms with van der Waals surface area (Å²) >= 11 is 0. The Morgan fingerprint density at radius 1 is 0.897 bits per heavy atom. The van der Waals surface area contributed by atoms with E-state index in [4.69, 9.17) is 19.0 Å². The molecule has 0 amide bonds. The molecule has 1 unspecified atom stereocenters. The lowest BCUT2D eigenvalue weighted by Gasteiger charge is -2.18. The van der Waals surface area contributed by atoms with Crippen LogP contribution in [0.1, 0.15) is 73.1 Å². The van der Waals surface area contributed by atoms with Crippen molar-refractivity contribution in [2.45, 2.75) is 73.1 Å². The molecule has 0 aromatic rings. The molecule has 0 aromatic heterocycles. The molecule has 2 N–H and O–H groups in total. The van der Waals surface area contributed by atoms with Crippen LogP contribution in [0.2, 0.25) is 0 Å². The molecule has 0 saturated heterocycles. The molecule has 0 spiro atoms. The molecular weight excluding hydrogens is 410 g/mol. The van der Waals surface area contributed by atoms with Gasteiger partial charge in [-0.15, -0.1) is 0 Å². The van der Waals surface area contributed by atoms with Gasteiger partial charge < -0.3 is 19.0 Å². The molecule has 29 heavy (non-hydrogen) atoms. The molecule has 0 aliphatic rings. The molecule has 0 rings (SSSR count). The van der Waals surface area contributed by atoms with E-state index in [9.17, 15) is 9.13 Å². The second-order valence-corrected chi connectivity index (χ2v) is 12.3. The fourth-order valence-corrected chi connectivity index (χ4v) is 6.56. The number of rotatable bonds is 16. The molecule has 8 heteroatoms. The summed E-state index contributed by atoms with van der Waals surface area (Å²) in [6, 6.07) is 0. The third-order valence-corrected chi connectivity index (χ3v) is 8.66. The summed E-state index contributed by atoms with van der Waals surface area (Å²) in [5, 5.41) is 0. The van der Waals surface area contributed by atoms with Crippen LogP contribution in [0.15, 0.2) is 34.9 Å². The van der Waals surface area contributed by atoms with Gasteiger partial charge in [-0.1, -0.05) is 34.9 Å². The highest BCUT2D eigenvalue weighted by atomic mass is 31.2. The van der Waals surface area contributed by atoms with Crippen LogP contribution in [0.4, 0.5) is 0 Å². The maximum atomic E-state index is 12.4. The SMILES string of the molecule is CCOP(=O)(COCCC/C=C(\C)CC/C=C(\C)CCC=C(C)C)CP(=O)(O)O. The molecule has 6 nitrogen and oxygen atoms in total. The summed E-state index contributed by atoms with van der Waals surface area (Å²) in [7, 11) is -7.86. The Morgan fingerprint density at radius 2 is 1.45 bits per heavy atom. The summed E-state index contributed by atoms with van der Waals surface area (Å²) in [4.78, 5) is 18.1. The zero-order valence-corrected chi connectivity index (χ0v) is 20.5. The highest BCUT2D eigenvalue weighted by Gasteiger charge is 2.32. The molecule has 0 aromatic carbocycles. The van der Waals surface area contributed by atoms with Gasteiger partial charge in [-0.3, -0.25) is 9.13 Å². The predicted octanol–water partition coefficient (Wildman–Crippen LogP) is 6.61. The molecule has 0 aliphatic carbocycles. The number of allylic oxidation sites excluding steroid dienone is 6. The van der Waals surface area contributed by atoms with Gasteiger partial charge in [-0.2, -0.15) is 0 Å². The minimum absolute atomic E-state index is 0.130. The van der Waals surface area contributed by atoms with Crippen molar-refractivity contribution in [3.05, 3.63) is 34.9 Å². The van der Waals surface area contributed by atoms with Gasteiger partial charge in [0.2, 0.25) is 7.37 Å². The van der Waals surface area contributed by atoms with E-state index in [0.717, 1.165) is 38.5 Å². The Bertz CT molecular complexity index is 642. The smallest absolute Gasteiger partial charge is 0.335 e. The first-order valence-corrected chi connectivity index (χ1v) is 14.1. The Kier molecular flexibility index (Phi) is 15.1. The normalized spacial score (nSPS) is 15.3. The third kappa shape index (κ3) is 18.0. The van der Waals surface area contributed by atoms with E-state index < -0.39 is 20.9 Å². The molecule has 0 saturated carbocycles. The van der Waals surface area contributed by atoms with E-state index >= 15 is 0 Å². The second kappa shape index (κ2) is 15.3. The molecule has 0 heterocycles. The van der Waals surface area contributed by atoms with E-state index in [2.05, 4.69) is 45.9 Å². The number of hydrogen-bond acceptors (Lipinski definition) is 4. The first kappa shape index (κ1) is 28.5. The van der Waals surface area contributed by atoms with E-state index in [1.807, 2.05) is 0 Å². The Hall–Kier alpha value is -0.480. The number of hydrogen-bond donors (Lipinski definition) is 2. The Balaban J connectivity index is 4.10. The van der Waals surface area contributed by atoms with Gasteiger partial charge in [0.25, 0.3) is 0 Å². The largest absolute Gasteiger partial charge is 0.371 e. The van der Waals surface area contributed by atoms with E-state index in [1.54, 1.807) is 6.92 Å². The van der Waals surface area contributed by atoms with Crippen LogP contribution >= 0.6 is 15.0 Å². The van der Waals surface area contributed by atoms with E-state index in [0.29, 0.717) is 6.61 Å². The second-order valence-electron chi connectivity index (χ2n) is 7.68. The molecule has 0 radical (unpaired) electrons. The zero-order valence-electron chi connectivity index (χ0n) is 18.7. The summed E-state index contributed by atoms with van der Waals surface area (Å²) in [5.41, 5.74) is 4.13. The van der Waals surface area contributed by atoms with E-state index in [-0.39, 0.29) is 13.0 Å². The van der Waals surface area contributed by atoms with Crippen molar-refractivity contribution >= 4 is 15.0 Å². The van der Waals surface area contributed by atoms with Crippen molar-refractivity contribution in [1.29, 1.82) is 0 Å². The molecule has 0 fully saturated rings. The van der Waals surface area contributed by atoms with Gasteiger partial charge in [0.15, 0.2) is 0 Å². The average Bonchev–Trinajstić information content (AvgIpc) is 2.56. The molecule has 0 aliphatic heterocycles. The predicted molar refractivity (Wildman–Crippen MR) is 122 cm³/mol. The zero-order chi connectivity index (χ0) is 22.3. The van der Waals surface area contributed by atoms with Gasteiger partial charge in [-0.05, 0) is 73.1 Å². The summed E-state index contributed by atoms with van der Waals surface area (Å²) in [6.45, 7) is 10.7. The van der Waals surface area contributed by atoms with Crippen molar-refractivity contribution < 1.29 is 28.2 Å². The monoisotopic (exact) mass is 450 g/mol. The molecule has 170 valence electrons. The lowest BCUT2D eigenvalue weighted by molar-refractivity contribution is 0.160. The highest BCUT2D eigenvalue weighted by molar-refractivity contribution is 7.73. The lowest BCUT2D eigenvalue weighted by atomic mass is 10.1. The number of ether oxygens (including phenoxy) is 1. The summed E-state index contributed by atoms with van der Waals surface area (Å²) in [6.07, 6.45) is 12.4.